The average molecular weight is 536 g/mol. The van der Waals surface area contributed by atoms with Crippen LogP contribution in [0.3, 0.4) is 0 Å². The Kier molecular flexibility index (Phi) is 3.77. The second kappa shape index (κ2) is 6.55. The lowest BCUT2D eigenvalue weighted by Gasteiger charge is -2.31. The predicted molar refractivity (Wildman–Crippen MR) is 143 cm³/mol. The first-order chi connectivity index (χ1) is 16.9. The standard InChI is InChI=1S/C24H11BF2N2O2S4/c26-25(27)28-13(9-17-20(28)22-15(34-17)5-7-32-22)19(11-1-3-12(4-2-11)24(30)31)14-10-18-21(29(14)25)23-16(35-18)6-8-33-23/h1-10H,(H,30,31). The van der Waals surface area contributed by atoms with Crippen molar-refractivity contribution in [3.63, 3.8) is 0 Å². The lowest BCUT2D eigenvalue weighted by Crippen LogP contribution is -2.56. The number of nitrogens with zero attached hydrogens (tertiary/aromatic N) is 2. The molecule has 0 radical (unpaired) electrons. The van der Waals surface area contributed by atoms with Crippen molar-refractivity contribution in [3.8, 4) is 0 Å². The molecule has 11 heteroatoms. The molecule has 4 nitrogen and oxygen atoms in total. The molecular weight excluding hydrogens is 525 g/mol. The molecule has 2 aliphatic rings. The molecule has 0 saturated carbocycles. The number of rotatable bonds is 2. The van der Waals surface area contributed by atoms with Crippen LogP contribution >= 0.6 is 45.3 Å². The fourth-order valence-electron chi connectivity index (χ4n) is 5.29. The highest BCUT2D eigenvalue weighted by Gasteiger charge is 2.54. The van der Waals surface area contributed by atoms with Gasteiger partial charge in [0.25, 0.3) is 0 Å². The van der Waals surface area contributed by atoms with Crippen LogP contribution in [0.4, 0.5) is 8.63 Å². The van der Waals surface area contributed by atoms with Crippen LogP contribution in [0.2, 0.25) is 0 Å². The maximum atomic E-state index is 16.7. The number of aromatic nitrogens is 1. The summed E-state index contributed by atoms with van der Waals surface area (Å²) in [4.78, 5) is 11.4. The number of carboxylic acids is 1. The minimum atomic E-state index is -4.18. The molecule has 1 aromatic carbocycles. The molecule has 0 saturated heterocycles. The van der Waals surface area contributed by atoms with Crippen LogP contribution in [-0.2, 0) is 0 Å². The molecule has 1 N–H and O–H groups in total. The van der Waals surface area contributed by atoms with Crippen molar-refractivity contribution in [3.05, 3.63) is 85.6 Å². The first-order valence-electron chi connectivity index (χ1n) is 10.7. The quantitative estimate of drug-likeness (QED) is 0.282. The van der Waals surface area contributed by atoms with Gasteiger partial charge in [-0.25, -0.2) is 4.79 Å². The number of hydrogen-bond donors (Lipinski definition) is 1. The first-order valence-corrected chi connectivity index (χ1v) is 14.1. The Morgan fingerprint density at radius 3 is 2.40 bits per heavy atom. The lowest BCUT2D eigenvalue weighted by molar-refractivity contribution is 0.0697. The van der Waals surface area contributed by atoms with Crippen LogP contribution in [0.1, 0.15) is 21.6 Å². The van der Waals surface area contributed by atoms with E-state index in [0.717, 1.165) is 28.0 Å². The molecule has 7 heterocycles. The van der Waals surface area contributed by atoms with E-state index in [1.807, 2.05) is 35.0 Å². The first kappa shape index (κ1) is 20.1. The van der Waals surface area contributed by atoms with Gasteiger partial charge in [-0.3, -0.25) is 0 Å². The minimum Gasteiger partial charge on any atom is -0.478 e. The third kappa shape index (κ3) is 2.43. The van der Waals surface area contributed by atoms with Gasteiger partial charge in [-0.15, -0.1) is 45.3 Å². The summed E-state index contributed by atoms with van der Waals surface area (Å²) in [6.07, 6.45) is 1.87. The zero-order chi connectivity index (χ0) is 23.6. The molecule has 0 aliphatic carbocycles. The van der Waals surface area contributed by atoms with Crippen molar-refractivity contribution >= 4 is 99.0 Å². The summed E-state index contributed by atoms with van der Waals surface area (Å²) in [6.45, 7) is -4.18. The number of aromatic carboxylic acids is 1. The van der Waals surface area contributed by atoms with Crippen LogP contribution in [0.15, 0.2) is 58.9 Å². The third-order valence-corrected chi connectivity index (χ3v) is 11.0. The molecule has 6 aromatic rings. The van der Waals surface area contributed by atoms with Gasteiger partial charge < -0.3 is 22.7 Å². The SMILES string of the molecule is O=C(O)c1ccc(C2=C3C=c4sc5ccsc5c4=[N+]3[B-](F)(F)n3c2cc2sc4ccsc4c23)cc1. The van der Waals surface area contributed by atoms with Crippen molar-refractivity contribution in [2.45, 2.75) is 0 Å². The minimum absolute atomic E-state index is 0.160. The second-order valence-electron chi connectivity index (χ2n) is 8.50. The van der Waals surface area contributed by atoms with Gasteiger partial charge >= 0.3 is 12.9 Å². The van der Waals surface area contributed by atoms with E-state index in [-0.39, 0.29) is 5.56 Å². The topological polar surface area (TPSA) is 45.2 Å². The van der Waals surface area contributed by atoms with Gasteiger partial charge in [0.2, 0.25) is 0 Å². The molecule has 0 atom stereocenters. The van der Waals surface area contributed by atoms with E-state index in [4.69, 9.17) is 0 Å². The van der Waals surface area contributed by atoms with Crippen LogP contribution in [0.25, 0.3) is 40.7 Å². The molecule has 8 rings (SSSR count). The molecule has 0 spiro atoms. The summed E-state index contributed by atoms with van der Waals surface area (Å²) in [5, 5.41) is 13.8. The van der Waals surface area contributed by atoms with E-state index in [1.165, 1.54) is 66.4 Å². The van der Waals surface area contributed by atoms with Gasteiger partial charge in [0.15, 0.2) is 11.1 Å². The Morgan fingerprint density at radius 2 is 1.66 bits per heavy atom. The van der Waals surface area contributed by atoms with Crippen molar-refractivity contribution < 1.29 is 18.5 Å². The maximum absolute atomic E-state index is 16.7. The van der Waals surface area contributed by atoms with Gasteiger partial charge in [0.05, 0.1) is 25.2 Å². The normalized spacial score (nSPS) is 16.2. The van der Waals surface area contributed by atoms with Crippen LogP contribution < -0.4 is 14.4 Å². The fraction of sp³-hybridized carbons (Fsp3) is 0. The number of fused-ring (bicyclic) bond motifs is 9. The van der Waals surface area contributed by atoms with Crippen molar-refractivity contribution in [2.75, 3.05) is 0 Å². The fourth-order valence-corrected chi connectivity index (χ4v) is 9.88. The molecule has 5 aromatic heterocycles. The van der Waals surface area contributed by atoms with Gasteiger partial charge in [-0.1, -0.05) is 12.1 Å². The smallest absolute Gasteiger partial charge is 0.478 e. The number of benzene rings is 1. The molecule has 0 unspecified atom stereocenters. The number of carbonyl (C=O) groups is 1. The highest BCUT2D eigenvalue weighted by molar-refractivity contribution is 7.32. The summed E-state index contributed by atoms with van der Waals surface area (Å²) in [5.41, 5.74) is 3.07. The maximum Gasteiger partial charge on any atom is 0.738 e. The van der Waals surface area contributed by atoms with Gasteiger partial charge in [-0.05, 0) is 46.7 Å². The van der Waals surface area contributed by atoms with Gasteiger partial charge in [-0.2, -0.15) is 0 Å². The lowest BCUT2D eigenvalue weighted by atomic mass is 9.86. The summed E-state index contributed by atoms with van der Waals surface area (Å²) in [5.74, 6) is -1.02. The average Bonchev–Trinajstić information content (AvgIpc) is 3.61. The summed E-state index contributed by atoms with van der Waals surface area (Å²) >= 11 is 6.02. The molecule has 0 amide bonds. The monoisotopic (exact) mass is 536 g/mol. The zero-order valence-electron chi connectivity index (χ0n) is 17.5. The Hall–Kier alpha value is -3.12. The van der Waals surface area contributed by atoms with E-state index in [1.54, 1.807) is 12.1 Å². The summed E-state index contributed by atoms with van der Waals surface area (Å²) in [6, 6.07) is 12.3. The number of thiophene rings is 4. The van der Waals surface area contributed by atoms with Crippen LogP contribution in [0, 0.1) is 0 Å². The number of allylic oxidation sites excluding steroid dienone is 1. The highest BCUT2D eigenvalue weighted by atomic mass is 32.1. The Morgan fingerprint density at radius 1 is 0.943 bits per heavy atom. The van der Waals surface area contributed by atoms with Gasteiger partial charge in [0.1, 0.15) is 9.23 Å². The summed E-state index contributed by atoms with van der Waals surface area (Å²) in [7, 11) is 0. The summed E-state index contributed by atoms with van der Waals surface area (Å²) < 4.78 is 41.3. The molecule has 2 aliphatic heterocycles. The Balaban J connectivity index is 1.56. The van der Waals surface area contributed by atoms with Crippen molar-refractivity contribution in [2.24, 2.45) is 0 Å². The third-order valence-electron chi connectivity index (χ3n) is 6.69. The van der Waals surface area contributed by atoms with Crippen molar-refractivity contribution in [1.82, 2.24) is 8.96 Å². The van der Waals surface area contributed by atoms with Gasteiger partial charge in [0, 0.05) is 22.0 Å². The zero-order valence-corrected chi connectivity index (χ0v) is 20.8. The molecule has 0 bridgehead atoms. The molecular formula is C24H11BF2N2O2S4. The Bertz CT molecular complexity index is 2070. The van der Waals surface area contributed by atoms with E-state index >= 15 is 8.63 Å². The largest absolute Gasteiger partial charge is 0.738 e. The number of carboxylic acid groups (broad SMARTS) is 1. The van der Waals surface area contributed by atoms with Crippen molar-refractivity contribution in [1.29, 1.82) is 0 Å². The van der Waals surface area contributed by atoms with E-state index in [9.17, 15) is 9.90 Å². The van der Waals surface area contributed by atoms with E-state index in [0.29, 0.717) is 33.4 Å². The van der Waals surface area contributed by atoms with E-state index in [2.05, 4.69) is 0 Å². The Labute approximate surface area is 211 Å². The number of hydrogen-bond acceptors (Lipinski definition) is 5. The second-order valence-corrected chi connectivity index (χ2v) is 12.5. The molecule has 0 fully saturated rings. The highest BCUT2D eigenvalue weighted by Crippen LogP contribution is 2.46. The molecule has 170 valence electrons. The number of halogens is 2. The van der Waals surface area contributed by atoms with E-state index < -0.39 is 12.9 Å². The van der Waals surface area contributed by atoms with Crippen LogP contribution in [-0.4, -0.2) is 22.5 Å². The molecule has 35 heavy (non-hydrogen) atoms. The predicted octanol–water partition coefficient (Wildman–Crippen LogP) is 5.87. The van der Waals surface area contributed by atoms with Crippen LogP contribution in [0.5, 0.6) is 0 Å².